The second-order valence-corrected chi connectivity index (χ2v) is 4.57. The van der Waals surface area contributed by atoms with Gasteiger partial charge in [-0.2, -0.15) is 0 Å². The monoisotopic (exact) mass is 275 g/mol. The maximum absolute atomic E-state index is 5.39. The first-order valence-corrected chi connectivity index (χ1v) is 6.39. The molecule has 2 heterocycles. The van der Waals surface area contributed by atoms with Crippen molar-refractivity contribution in [2.75, 3.05) is 25.8 Å². The molecule has 106 valence electrons. The number of fused-ring (bicyclic) bond motifs is 1. The lowest BCUT2D eigenvalue weighted by Crippen LogP contribution is -2.54. The fourth-order valence-corrected chi connectivity index (χ4v) is 2.09. The van der Waals surface area contributed by atoms with Crippen LogP contribution in [0.25, 0.3) is 0 Å². The third-order valence-corrected chi connectivity index (χ3v) is 3.18. The molecule has 0 spiro atoms. The second-order valence-electron chi connectivity index (χ2n) is 4.57. The highest BCUT2D eigenvalue weighted by molar-refractivity contribution is 6.07. The fourth-order valence-electron chi connectivity index (χ4n) is 2.09. The van der Waals surface area contributed by atoms with Gasteiger partial charge in [0.2, 0.25) is 12.8 Å². The van der Waals surface area contributed by atoms with E-state index in [9.17, 15) is 0 Å². The molecule has 3 rings (SSSR count). The quantitative estimate of drug-likeness (QED) is 0.791. The smallest absolute Gasteiger partial charge is 0.231 e. The van der Waals surface area contributed by atoms with Crippen LogP contribution in [0.4, 0.5) is 5.69 Å². The molecule has 2 aliphatic heterocycles. The SMILES string of the molecule is CN=C1NC(N(C)c2ccc3c(c2)OCO3)=NC(C)N1. The molecule has 20 heavy (non-hydrogen) atoms. The number of anilines is 1. The summed E-state index contributed by atoms with van der Waals surface area (Å²) in [6.07, 6.45) is -0.0265. The van der Waals surface area contributed by atoms with Crippen LogP contribution >= 0.6 is 0 Å². The third kappa shape index (κ3) is 2.22. The summed E-state index contributed by atoms with van der Waals surface area (Å²) in [6, 6.07) is 5.79. The van der Waals surface area contributed by atoms with E-state index >= 15 is 0 Å². The number of guanidine groups is 2. The van der Waals surface area contributed by atoms with Gasteiger partial charge in [0.05, 0.1) is 0 Å². The highest BCUT2D eigenvalue weighted by Crippen LogP contribution is 2.35. The van der Waals surface area contributed by atoms with E-state index in [1.54, 1.807) is 7.05 Å². The van der Waals surface area contributed by atoms with E-state index in [4.69, 9.17) is 9.47 Å². The predicted octanol–water partition coefficient (Wildman–Crippen LogP) is 0.732. The molecule has 2 N–H and O–H groups in total. The van der Waals surface area contributed by atoms with Crippen molar-refractivity contribution in [2.45, 2.75) is 13.1 Å². The van der Waals surface area contributed by atoms with Gasteiger partial charge in [0.1, 0.15) is 6.17 Å². The number of hydrogen-bond acceptors (Lipinski definition) is 5. The molecule has 0 saturated heterocycles. The normalized spacial score (nSPS) is 22.1. The van der Waals surface area contributed by atoms with E-state index in [1.165, 1.54) is 0 Å². The summed E-state index contributed by atoms with van der Waals surface area (Å²) in [5.41, 5.74) is 0.963. The summed E-state index contributed by atoms with van der Waals surface area (Å²) in [5.74, 6) is 2.96. The predicted molar refractivity (Wildman–Crippen MR) is 77.5 cm³/mol. The molecule has 0 amide bonds. The number of hydrogen-bond donors (Lipinski definition) is 2. The molecule has 0 aromatic heterocycles. The molecular weight excluding hydrogens is 258 g/mol. The average Bonchev–Trinajstić information content (AvgIpc) is 2.93. The maximum atomic E-state index is 5.39. The summed E-state index contributed by atoms with van der Waals surface area (Å²) >= 11 is 0. The van der Waals surface area contributed by atoms with Crippen molar-refractivity contribution in [2.24, 2.45) is 9.98 Å². The molecule has 1 aromatic carbocycles. The van der Waals surface area contributed by atoms with Crippen molar-refractivity contribution in [3.8, 4) is 11.5 Å². The van der Waals surface area contributed by atoms with Crippen LogP contribution in [0.2, 0.25) is 0 Å². The minimum absolute atomic E-state index is 0.0265. The van der Waals surface area contributed by atoms with Crippen LogP contribution in [-0.2, 0) is 0 Å². The molecule has 7 heteroatoms. The molecule has 0 aliphatic carbocycles. The molecular formula is C13H17N5O2. The van der Waals surface area contributed by atoms with E-state index in [0.29, 0.717) is 5.96 Å². The van der Waals surface area contributed by atoms with Crippen molar-refractivity contribution in [1.82, 2.24) is 10.6 Å². The number of nitrogens with one attached hydrogen (secondary N) is 2. The van der Waals surface area contributed by atoms with Gasteiger partial charge in [0, 0.05) is 25.8 Å². The zero-order valence-corrected chi connectivity index (χ0v) is 11.7. The fraction of sp³-hybridized carbons (Fsp3) is 0.385. The van der Waals surface area contributed by atoms with Gasteiger partial charge in [-0.3, -0.25) is 10.3 Å². The summed E-state index contributed by atoms with van der Waals surface area (Å²) in [4.78, 5) is 10.6. The van der Waals surface area contributed by atoms with Gasteiger partial charge in [-0.05, 0) is 19.1 Å². The number of benzene rings is 1. The van der Waals surface area contributed by atoms with Crippen LogP contribution in [0, 0.1) is 0 Å². The molecule has 0 radical (unpaired) electrons. The first kappa shape index (κ1) is 12.6. The van der Waals surface area contributed by atoms with Gasteiger partial charge in [0.15, 0.2) is 17.5 Å². The van der Waals surface area contributed by atoms with Crippen LogP contribution in [0.1, 0.15) is 6.92 Å². The first-order chi connectivity index (χ1) is 9.67. The largest absolute Gasteiger partial charge is 0.454 e. The maximum Gasteiger partial charge on any atom is 0.231 e. The van der Waals surface area contributed by atoms with Crippen LogP contribution in [0.15, 0.2) is 28.2 Å². The summed E-state index contributed by atoms with van der Waals surface area (Å²) in [7, 11) is 3.67. The van der Waals surface area contributed by atoms with Gasteiger partial charge < -0.3 is 19.7 Å². The minimum Gasteiger partial charge on any atom is -0.454 e. The number of aliphatic imine (C=N–C) groups is 2. The molecule has 1 aromatic rings. The van der Waals surface area contributed by atoms with Gasteiger partial charge in [-0.1, -0.05) is 0 Å². The topological polar surface area (TPSA) is 70.5 Å². The zero-order valence-electron chi connectivity index (χ0n) is 11.7. The van der Waals surface area contributed by atoms with Crippen LogP contribution in [0.3, 0.4) is 0 Å². The van der Waals surface area contributed by atoms with Crippen molar-refractivity contribution >= 4 is 17.6 Å². The van der Waals surface area contributed by atoms with E-state index in [2.05, 4.69) is 20.6 Å². The van der Waals surface area contributed by atoms with Crippen LogP contribution < -0.4 is 25.0 Å². The van der Waals surface area contributed by atoms with Gasteiger partial charge in [-0.15, -0.1) is 0 Å². The van der Waals surface area contributed by atoms with E-state index in [-0.39, 0.29) is 13.0 Å². The van der Waals surface area contributed by atoms with E-state index < -0.39 is 0 Å². The summed E-state index contributed by atoms with van der Waals surface area (Å²) in [5, 5.41) is 6.27. The number of rotatable bonds is 1. The number of ether oxygens (including phenoxy) is 2. The Labute approximate surface area is 117 Å². The molecule has 0 bridgehead atoms. The lowest BCUT2D eigenvalue weighted by molar-refractivity contribution is 0.174. The van der Waals surface area contributed by atoms with Gasteiger partial charge >= 0.3 is 0 Å². The van der Waals surface area contributed by atoms with Crippen molar-refractivity contribution in [3.63, 3.8) is 0 Å². The lowest BCUT2D eigenvalue weighted by Gasteiger charge is -2.29. The Kier molecular flexibility index (Phi) is 3.09. The Morgan fingerprint density at radius 3 is 2.95 bits per heavy atom. The Balaban J connectivity index is 1.87. The molecule has 7 nitrogen and oxygen atoms in total. The average molecular weight is 275 g/mol. The molecule has 1 unspecified atom stereocenters. The molecule has 0 saturated carbocycles. The minimum atomic E-state index is -0.0265. The lowest BCUT2D eigenvalue weighted by atomic mass is 10.2. The van der Waals surface area contributed by atoms with E-state index in [1.807, 2.05) is 37.1 Å². The van der Waals surface area contributed by atoms with Crippen molar-refractivity contribution in [1.29, 1.82) is 0 Å². The Bertz CT molecular complexity index is 584. The third-order valence-electron chi connectivity index (χ3n) is 3.18. The highest BCUT2D eigenvalue weighted by atomic mass is 16.7. The Morgan fingerprint density at radius 1 is 1.35 bits per heavy atom. The van der Waals surface area contributed by atoms with E-state index in [0.717, 1.165) is 23.1 Å². The summed E-state index contributed by atoms with van der Waals surface area (Å²) < 4.78 is 10.7. The zero-order chi connectivity index (χ0) is 14.1. The molecule has 2 aliphatic rings. The Morgan fingerprint density at radius 2 is 2.15 bits per heavy atom. The molecule has 1 atom stereocenters. The van der Waals surface area contributed by atoms with Crippen LogP contribution in [-0.4, -0.2) is 39.0 Å². The van der Waals surface area contributed by atoms with Gasteiger partial charge in [-0.25, -0.2) is 4.99 Å². The number of nitrogens with zero attached hydrogens (tertiary/aromatic N) is 3. The summed E-state index contributed by atoms with van der Waals surface area (Å²) in [6.45, 7) is 2.24. The van der Waals surface area contributed by atoms with Crippen molar-refractivity contribution < 1.29 is 9.47 Å². The highest BCUT2D eigenvalue weighted by Gasteiger charge is 2.20. The molecule has 0 fully saturated rings. The Hall–Kier alpha value is -2.44. The van der Waals surface area contributed by atoms with Crippen molar-refractivity contribution in [3.05, 3.63) is 18.2 Å². The standard InChI is InChI=1S/C13H17N5O2/c1-8-15-12(14-2)17-13(16-8)18(3)9-4-5-10-11(6-9)20-7-19-10/h4-6,8H,7H2,1-3H3,(H2,14,15,16,17). The van der Waals surface area contributed by atoms with Gasteiger partial charge in [0.25, 0.3) is 0 Å². The first-order valence-electron chi connectivity index (χ1n) is 6.39. The van der Waals surface area contributed by atoms with Crippen LogP contribution in [0.5, 0.6) is 11.5 Å². The second kappa shape index (κ2) is 4.92.